The van der Waals surface area contributed by atoms with Crippen LogP contribution in [-0.2, 0) is 0 Å². The lowest BCUT2D eigenvalue weighted by Crippen LogP contribution is -1.97. The van der Waals surface area contributed by atoms with Crippen LogP contribution in [0, 0.1) is 27.7 Å². The van der Waals surface area contributed by atoms with E-state index >= 15 is 0 Å². The van der Waals surface area contributed by atoms with E-state index in [0.29, 0.717) is 5.56 Å². The van der Waals surface area contributed by atoms with E-state index in [0.717, 1.165) is 17.2 Å². The number of hydrogen-bond acceptors (Lipinski definition) is 2. The number of aromatic nitrogens is 2. The van der Waals surface area contributed by atoms with Gasteiger partial charge in [-0.2, -0.15) is 0 Å². The Morgan fingerprint density at radius 2 is 1.40 bits per heavy atom. The molecular weight excluding hydrogens is 124 g/mol. The second-order valence-electron chi connectivity index (χ2n) is 2.36. The Morgan fingerprint density at radius 1 is 1.00 bits per heavy atom. The van der Waals surface area contributed by atoms with Gasteiger partial charge in [-0.15, -0.1) is 0 Å². The van der Waals surface area contributed by atoms with E-state index in [4.69, 9.17) is 6.92 Å². The molecule has 0 unspecified atom stereocenters. The van der Waals surface area contributed by atoms with E-state index < -0.39 is 0 Å². The summed E-state index contributed by atoms with van der Waals surface area (Å²) in [5, 5.41) is 0. The standard InChI is InChI=1S/C8H10N2/c1-5-6(2)9-8(4)10-7(5)3/h1H,2-4H3. The van der Waals surface area contributed by atoms with Gasteiger partial charge in [0.2, 0.25) is 0 Å². The minimum Gasteiger partial charge on any atom is -0.238 e. The maximum atomic E-state index is 5.63. The maximum Gasteiger partial charge on any atom is 0.125 e. The van der Waals surface area contributed by atoms with Gasteiger partial charge in [0.25, 0.3) is 0 Å². The molecule has 2 heteroatoms. The molecule has 0 atom stereocenters. The van der Waals surface area contributed by atoms with Crippen molar-refractivity contribution in [1.29, 1.82) is 0 Å². The zero-order valence-electron chi connectivity index (χ0n) is 6.47. The first-order chi connectivity index (χ1) is 4.61. The van der Waals surface area contributed by atoms with Crippen LogP contribution in [0.5, 0.6) is 0 Å². The zero-order valence-corrected chi connectivity index (χ0v) is 6.47. The molecule has 0 saturated carbocycles. The highest BCUT2D eigenvalue weighted by Gasteiger charge is 1.99. The molecule has 0 spiro atoms. The minimum absolute atomic E-state index is 0.700. The van der Waals surface area contributed by atoms with Gasteiger partial charge in [-0.25, -0.2) is 9.97 Å². The number of aryl methyl sites for hydroxylation is 3. The summed E-state index contributed by atoms with van der Waals surface area (Å²) < 4.78 is 0. The van der Waals surface area contributed by atoms with Gasteiger partial charge in [-0.05, 0) is 26.3 Å². The third-order valence-electron chi connectivity index (χ3n) is 1.44. The summed E-state index contributed by atoms with van der Waals surface area (Å²) >= 11 is 0. The van der Waals surface area contributed by atoms with Crippen molar-refractivity contribution in [2.75, 3.05) is 0 Å². The van der Waals surface area contributed by atoms with Gasteiger partial charge >= 0.3 is 0 Å². The van der Waals surface area contributed by atoms with Gasteiger partial charge in [0, 0.05) is 18.3 Å². The topological polar surface area (TPSA) is 25.8 Å². The second-order valence-corrected chi connectivity index (χ2v) is 2.36. The molecule has 0 N–H and O–H groups in total. The molecule has 0 bridgehead atoms. The van der Waals surface area contributed by atoms with E-state index in [2.05, 4.69) is 9.97 Å². The Hall–Kier alpha value is -0.920. The van der Waals surface area contributed by atoms with Crippen molar-refractivity contribution in [1.82, 2.24) is 9.97 Å². The van der Waals surface area contributed by atoms with Crippen molar-refractivity contribution in [2.24, 2.45) is 0 Å². The van der Waals surface area contributed by atoms with Crippen molar-refractivity contribution >= 4 is 0 Å². The fourth-order valence-corrected chi connectivity index (χ4v) is 0.893. The van der Waals surface area contributed by atoms with Gasteiger partial charge in [0.05, 0.1) is 0 Å². The molecule has 0 saturated heterocycles. The van der Waals surface area contributed by atoms with E-state index in [-0.39, 0.29) is 0 Å². The summed E-state index contributed by atoms with van der Waals surface area (Å²) in [7, 11) is 0. The van der Waals surface area contributed by atoms with Gasteiger partial charge < -0.3 is 0 Å². The molecule has 1 aromatic rings. The normalized spacial score (nSPS) is 10.0. The quantitative estimate of drug-likeness (QED) is 0.537. The monoisotopic (exact) mass is 134 g/mol. The van der Waals surface area contributed by atoms with Crippen LogP contribution in [0.3, 0.4) is 0 Å². The van der Waals surface area contributed by atoms with Gasteiger partial charge in [0.1, 0.15) is 5.82 Å². The summed E-state index contributed by atoms with van der Waals surface area (Å²) in [4.78, 5) is 8.20. The molecule has 0 aromatic carbocycles. The number of nitrogens with zero attached hydrogens (tertiary/aromatic N) is 2. The van der Waals surface area contributed by atoms with Crippen LogP contribution in [0.25, 0.3) is 0 Å². The van der Waals surface area contributed by atoms with Crippen LogP contribution in [0.2, 0.25) is 0 Å². The van der Waals surface area contributed by atoms with Gasteiger partial charge in [-0.3, -0.25) is 0 Å². The number of hydrogen-bond donors (Lipinski definition) is 0. The lowest BCUT2D eigenvalue weighted by molar-refractivity contribution is 0.963. The minimum atomic E-state index is 0.700. The average Bonchev–Trinajstić information content (AvgIpc) is 1.82. The van der Waals surface area contributed by atoms with E-state index in [9.17, 15) is 0 Å². The predicted octanol–water partition coefficient (Wildman–Crippen LogP) is 1.46. The maximum absolute atomic E-state index is 5.63. The first-order valence-corrected chi connectivity index (χ1v) is 3.18. The zero-order chi connectivity index (χ0) is 7.72. The summed E-state index contributed by atoms with van der Waals surface area (Å²) in [5.41, 5.74) is 2.43. The van der Waals surface area contributed by atoms with E-state index in [1.54, 1.807) is 0 Å². The highest BCUT2D eigenvalue weighted by atomic mass is 14.9. The van der Waals surface area contributed by atoms with Crippen LogP contribution < -0.4 is 0 Å². The summed E-state index contributed by atoms with van der Waals surface area (Å²) in [6.45, 7) is 11.3. The Bertz CT molecular complexity index is 230. The Labute approximate surface area is 61.3 Å². The molecule has 2 nitrogen and oxygen atoms in total. The van der Waals surface area contributed by atoms with Gasteiger partial charge in [0.15, 0.2) is 0 Å². The van der Waals surface area contributed by atoms with Crippen LogP contribution in [0.4, 0.5) is 0 Å². The van der Waals surface area contributed by atoms with Crippen molar-refractivity contribution in [3.8, 4) is 0 Å². The Balaban J connectivity index is 3.31. The largest absolute Gasteiger partial charge is 0.238 e. The lowest BCUT2D eigenvalue weighted by atomic mass is 10.2. The fourth-order valence-electron chi connectivity index (χ4n) is 0.893. The molecular formula is C8H10N2. The molecule has 1 heterocycles. The first-order valence-electron chi connectivity index (χ1n) is 3.18. The van der Waals surface area contributed by atoms with Crippen molar-refractivity contribution < 1.29 is 0 Å². The smallest absolute Gasteiger partial charge is 0.125 e. The van der Waals surface area contributed by atoms with Crippen LogP contribution >= 0.6 is 0 Å². The molecule has 1 aromatic heterocycles. The van der Waals surface area contributed by atoms with E-state index in [1.165, 1.54) is 0 Å². The first kappa shape index (κ1) is 7.19. The summed E-state index contributed by atoms with van der Waals surface area (Å²) in [6, 6.07) is 0. The van der Waals surface area contributed by atoms with E-state index in [1.807, 2.05) is 20.8 Å². The lowest BCUT2D eigenvalue weighted by Gasteiger charge is -2.02. The van der Waals surface area contributed by atoms with Crippen LogP contribution in [0.1, 0.15) is 22.8 Å². The highest BCUT2D eigenvalue weighted by molar-refractivity contribution is 5.26. The Kier molecular flexibility index (Phi) is 1.70. The van der Waals surface area contributed by atoms with Crippen LogP contribution in [-0.4, -0.2) is 9.97 Å². The third kappa shape index (κ3) is 1.15. The van der Waals surface area contributed by atoms with Gasteiger partial charge in [-0.1, -0.05) is 0 Å². The Morgan fingerprint density at radius 3 is 1.80 bits per heavy atom. The third-order valence-corrected chi connectivity index (χ3v) is 1.44. The average molecular weight is 134 g/mol. The molecule has 52 valence electrons. The van der Waals surface area contributed by atoms with Crippen molar-refractivity contribution in [3.63, 3.8) is 0 Å². The molecule has 1 rings (SSSR count). The molecule has 0 aliphatic heterocycles. The second kappa shape index (κ2) is 2.37. The van der Waals surface area contributed by atoms with Crippen molar-refractivity contribution in [3.05, 3.63) is 29.7 Å². The molecule has 0 aliphatic carbocycles. The fraction of sp³-hybridized carbons (Fsp3) is 0.375. The molecule has 0 aliphatic rings. The molecule has 10 heavy (non-hydrogen) atoms. The molecule has 0 amide bonds. The molecule has 2 radical (unpaired) electrons. The predicted molar refractivity (Wildman–Crippen MR) is 39.6 cm³/mol. The highest BCUT2D eigenvalue weighted by Crippen LogP contribution is 2.06. The van der Waals surface area contributed by atoms with Crippen molar-refractivity contribution in [2.45, 2.75) is 20.8 Å². The molecule has 0 fully saturated rings. The number of rotatable bonds is 0. The SMILES string of the molecule is [CH]c1c(C)nc(C)nc1C. The summed E-state index contributed by atoms with van der Waals surface area (Å²) in [6.07, 6.45) is 0. The summed E-state index contributed by atoms with van der Waals surface area (Å²) in [5.74, 6) is 0.782. The van der Waals surface area contributed by atoms with Crippen LogP contribution in [0.15, 0.2) is 0 Å².